The van der Waals surface area contributed by atoms with Crippen LogP contribution >= 0.6 is 0 Å². The van der Waals surface area contributed by atoms with E-state index in [1.54, 1.807) is 13.8 Å². The molecule has 7 atom stereocenters. The molecule has 0 aromatic carbocycles. The van der Waals surface area contributed by atoms with E-state index in [9.17, 15) is 54.0 Å². The van der Waals surface area contributed by atoms with E-state index in [1.807, 2.05) is 0 Å². The number of rotatable bonds is 24. The van der Waals surface area contributed by atoms with Gasteiger partial charge < -0.3 is 74.5 Å². The molecule has 298 valence electrons. The highest BCUT2D eigenvalue weighted by atomic mass is 16.4. The molecule has 53 heavy (non-hydrogen) atoms. The number of hydrogen-bond acceptors (Lipinski definition) is 13. The number of aliphatic hydroxyl groups excluding tert-OH is 3. The minimum absolute atomic E-state index is 0.0354. The molecule has 0 unspecified atom stereocenters. The van der Waals surface area contributed by atoms with Gasteiger partial charge in [0.05, 0.1) is 32.2 Å². The van der Waals surface area contributed by atoms with Crippen molar-refractivity contribution in [3.05, 3.63) is 18.2 Å². The van der Waals surface area contributed by atoms with Crippen molar-refractivity contribution in [1.82, 2.24) is 41.9 Å². The maximum absolute atomic E-state index is 13.6. The van der Waals surface area contributed by atoms with E-state index in [0.717, 1.165) is 0 Å². The molecule has 0 aliphatic rings. The zero-order valence-corrected chi connectivity index (χ0v) is 29.7. The molecule has 0 bridgehead atoms. The molecule has 6 amide bonds. The Morgan fingerprint density at radius 3 is 1.89 bits per heavy atom. The van der Waals surface area contributed by atoms with Crippen LogP contribution < -0.4 is 49.1 Å². The Bertz CT molecular complexity index is 1400. The number of aliphatic imine (C=N–C) groups is 1. The van der Waals surface area contributed by atoms with E-state index in [2.05, 4.69) is 46.9 Å². The number of carbonyl (C=O) groups is 7. The van der Waals surface area contributed by atoms with Crippen molar-refractivity contribution in [2.75, 3.05) is 26.3 Å². The SMILES string of the molecule is CC(C)C[C@H](NC(=O)[C@H](Cc1cnc[nH]1)NC(=O)CNC(=O)[C@H](CO)NC(=O)[C@@H](N)[C@@H](C)O)C(=O)N[C@@H](CO)C(=O)N[C@@H](CCCN=C(N)N)C(=O)O. The molecule has 1 heterocycles. The third-order valence-corrected chi connectivity index (χ3v) is 7.41. The topological polar surface area (TPSA) is 392 Å². The number of aromatic amines is 1. The number of hydrogen-bond donors (Lipinski definition) is 14. The van der Waals surface area contributed by atoms with Gasteiger partial charge in [0.25, 0.3) is 0 Å². The number of amides is 6. The fourth-order valence-corrected chi connectivity index (χ4v) is 4.52. The third-order valence-electron chi connectivity index (χ3n) is 7.41. The molecule has 0 aliphatic carbocycles. The maximum atomic E-state index is 13.6. The maximum Gasteiger partial charge on any atom is 0.326 e. The largest absolute Gasteiger partial charge is 0.480 e. The minimum Gasteiger partial charge on any atom is -0.480 e. The van der Waals surface area contributed by atoms with Gasteiger partial charge in [-0.25, -0.2) is 9.78 Å². The van der Waals surface area contributed by atoms with Crippen molar-refractivity contribution in [3.63, 3.8) is 0 Å². The summed E-state index contributed by atoms with van der Waals surface area (Å²) in [5, 5.41) is 52.4. The number of nitrogens with one attached hydrogen (secondary N) is 7. The quantitative estimate of drug-likeness (QED) is 0.0265. The molecule has 0 spiro atoms. The van der Waals surface area contributed by atoms with Crippen LogP contribution in [0.3, 0.4) is 0 Å². The number of carbonyl (C=O) groups excluding carboxylic acids is 6. The van der Waals surface area contributed by atoms with Crippen LogP contribution in [0.5, 0.6) is 0 Å². The second-order valence-electron chi connectivity index (χ2n) is 12.4. The summed E-state index contributed by atoms with van der Waals surface area (Å²) < 4.78 is 0. The second-order valence-corrected chi connectivity index (χ2v) is 12.4. The first-order valence-electron chi connectivity index (χ1n) is 16.6. The van der Waals surface area contributed by atoms with E-state index >= 15 is 0 Å². The van der Waals surface area contributed by atoms with Gasteiger partial charge in [-0.05, 0) is 32.1 Å². The molecular weight excluding hydrogens is 704 g/mol. The predicted molar refractivity (Wildman–Crippen MR) is 186 cm³/mol. The van der Waals surface area contributed by atoms with E-state index in [0.29, 0.717) is 5.69 Å². The van der Waals surface area contributed by atoms with E-state index < -0.39 is 104 Å². The average molecular weight is 757 g/mol. The summed E-state index contributed by atoms with van der Waals surface area (Å²) in [6, 6.07) is -8.57. The number of nitrogens with two attached hydrogens (primary N) is 3. The Labute approximate surface area is 304 Å². The summed E-state index contributed by atoms with van der Waals surface area (Å²) in [5.41, 5.74) is 16.4. The zero-order chi connectivity index (χ0) is 40.2. The van der Waals surface area contributed by atoms with Crippen molar-refractivity contribution >= 4 is 47.4 Å². The molecular formula is C30H52N12O11. The lowest BCUT2D eigenvalue weighted by atomic mass is 10.0. The molecule has 0 aliphatic heterocycles. The fraction of sp³-hybridized carbons (Fsp3) is 0.633. The summed E-state index contributed by atoms with van der Waals surface area (Å²) in [5.74, 6) is -7.31. The molecule has 1 aromatic heterocycles. The Hall–Kier alpha value is -5.39. The number of carboxylic acid groups (broad SMARTS) is 1. The predicted octanol–water partition coefficient (Wildman–Crippen LogP) is -6.63. The number of aromatic nitrogens is 2. The number of nitrogens with zero attached hydrogens (tertiary/aromatic N) is 2. The Balaban J connectivity index is 3.04. The van der Waals surface area contributed by atoms with Gasteiger partial charge in [0.2, 0.25) is 35.4 Å². The minimum atomic E-state index is -1.60. The number of aliphatic hydroxyl groups is 3. The summed E-state index contributed by atoms with van der Waals surface area (Å²) in [6.45, 7) is 2.34. The Kier molecular flexibility index (Phi) is 20.0. The lowest BCUT2D eigenvalue weighted by molar-refractivity contribution is -0.142. The summed E-state index contributed by atoms with van der Waals surface area (Å²) in [4.78, 5) is 99.4. The number of guanidine groups is 1. The Morgan fingerprint density at radius 2 is 1.36 bits per heavy atom. The fourth-order valence-electron chi connectivity index (χ4n) is 4.52. The van der Waals surface area contributed by atoms with Crippen LogP contribution in [0.25, 0.3) is 0 Å². The van der Waals surface area contributed by atoms with Crippen molar-refractivity contribution in [3.8, 4) is 0 Å². The highest BCUT2D eigenvalue weighted by molar-refractivity contribution is 5.96. The third kappa shape index (κ3) is 17.1. The van der Waals surface area contributed by atoms with Gasteiger partial charge in [0.15, 0.2) is 5.96 Å². The lowest BCUT2D eigenvalue weighted by Gasteiger charge is -2.26. The van der Waals surface area contributed by atoms with Crippen LogP contribution in [0.1, 0.15) is 45.7 Å². The van der Waals surface area contributed by atoms with Crippen molar-refractivity contribution in [2.45, 2.75) is 88.8 Å². The number of H-pyrrole nitrogens is 1. The lowest BCUT2D eigenvalue weighted by Crippen LogP contribution is -2.59. The van der Waals surface area contributed by atoms with E-state index in [4.69, 9.17) is 17.2 Å². The molecule has 17 N–H and O–H groups in total. The molecule has 23 heteroatoms. The van der Waals surface area contributed by atoms with Crippen molar-refractivity contribution in [2.24, 2.45) is 28.1 Å². The zero-order valence-electron chi connectivity index (χ0n) is 29.7. The Morgan fingerprint density at radius 1 is 0.811 bits per heavy atom. The standard InChI is InChI=1S/C30H52N12O11/c1-14(2)7-18(25(48)41-21(12-44)27(50)39-17(29(52)53)5-4-6-35-30(32)33)40-26(49)19(8-16-9-34-13-37-16)38-22(46)10-36-24(47)20(11-43)42-28(51)23(31)15(3)45/h9,13-15,17-21,23,43-45H,4-8,10-12,31H2,1-3H3,(H,34,37)(H,36,47)(H,38,46)(H,39,50)(H,40,49)(H,41,48)(H,42,51)(H,52,53)(H4,32,33,35)/t15-,17+,18+,19+,20+,21+,23+/m1/s1. The molecule has 1 rings (SSSR count). The number of imidazole rings is 1. The van der Waals surface area contributed by atoms with Crippen LogP contribution in [0.15, 0.2) is 17.5 Å². The van der Waals surface area contributed by atoms with Gasteiger partial charge >= 0.3 is 5.97 Å². The molecule has 0 radical (unpaired) electrons. The summed E-state index contributed by atoms with van der Waals surface area (Å²) in [6.07, 6.45) is 1.46. The monoisotopic (exact) mass is 756 g/mol. The second kappa shape index (κ2) is 23.2. The smallest absolute Gasteiger partial charge is 0.326 e. The number of aliphatic carboxylic acids is 1. The van der Waals surface area contributed by atoms with Crippen LogP contribution in [0, 0.1) is 5.92 Å². The summed E-state index contributed by atoms with van der Waals surface area (Å²) >= 11 is 0. The molecule has 0 fully saturated rings. The molecule has 0 saturated heterocycles. The van der Waals surface area contributed by atoms with Crippen molar-refractivity contribution in [1.29, 1.82) is 0 Å². The van der Waals surface area contributed by atoms with Crippen LogP contribution in [0.4, 0.5) is 0 Å². The van der Waals surface area contributed by atoms with Gasteiger partial charge in [-0.15, -0.1) is 0 Å². The highest BCUT2D eigenvalue weighted by Crippen LogP contribution is 2.08. The van der Waals surface area contributed by atoms with Crippen LogP contribution in [-0.2, 0) is 40.0 Å². The summed E-state index contributed by atoms with van der Waals surface area (Å²) in [7, 11) is 0. The normalized spacial score (nSPS) is 14.9. The van der Waals surface area contributed by atoms with Gasteiger partial charge in [-0.3, -0.25) is 33.8 Å². The van der Waals surface area contributed by atoms with E-state index in [1.165, 1.54) is 19.4 Å². The first kappa shape index (κ1) is 45.6. The van der Waals surface area contributed by atoms with Crippen molar-refractivity contribution < 1.29 is 54.0 Å². The first-order valence-corrected chi connectivity index (χ1v) is 16.6. The van der Waals surface area contributed by atoms with Gasteiger partial charge in [-0.2, -0.15) is 0 Å². The van der Waals surface area contributed by atoms with Crippen LogP contribution in [0.2, 0.25) is 0 Å². The van der Waals surface area contributed by atoms with Gasteiger partial charge in [0, 0.05) is 24.9 Å². The molecule has 23 nitrogen and oxygen atoms in total. The molecule has 1 aromatic rings. The van der Waals surface area contributed by atoms with E-state index in [-0.39, 0.29) is 44.1 Å². The molecule has 0 saturated carbocycles. The average Bonchev–Trinajstić information content (AvgIpc) is 3.61. The number of carboxylic acids is 1. The van der Waals surface area contributed by atoms with Gasteiger partial charge in [0.1, 0.15) is 36.3 Å². The first-order chi connectivity index (χ1) is 24.9. The highest BCUT2D eigenvalue weighted by Gasteiger charge is 2.32. The van der Waals surface area contributed by atoms with Crippen LogP contribution in [-0.4, -0.2) is 146 Å². The van der Waals surface area contributed by atoms with Gasteiger partial charge in [-0.1, -0.05) is 13.8 Å².